The highest BCUT2D eigenvalue weighted by molar-refractivity contribution is 5.44. The van der Waals surface area contributed by atoms with E-state index in [2.05, 4.69) is 10.4 Å². The first-order chi connectivity index (χ1) is 8.31. The summed E-state index contributed by atoms with van der Waals surface area (Å²) in [4.78, 5) is 4.13. The van der Waals surface area contributed by atoms with Crippen molar-refractivity contribution in [1.29, 1.82) is 0 Å². The summed E-state index contributed by atoms with van der Waals surface area (Å²) >= 11 is 0. The third-order valence-electron chi connectivity index (χ3n) is 3.81. The predicted octanol–water partition coefficient (Wildman–Crippen LogP) is 1.62. The van der Waals surface area contributed by atoms with Gasteiger partial charge in [-0.3, -0.25) is 16.3 Å². The van der Waals surface area contributed by atoms with E-state index in [0.29, 0.717) is 12.0 Å². The molecule has 1 aromatic rings. The van der Waals surface area contributed by atoms with Gasteiger partial charge in [-0.15, -0.1) is 0 Å². The van der Waals surface area contributed by atoms with E-state index < -0.39 is 0 Å². The maximum Gasteiger partial charge on any atom is 0.0378 e. The molecular weight excluding hydrogens is 212 g/mol. The van der Waals surface area contributed by atoms with Crippen LogP contribution in [0.5, 0.6) is 0 Å². The van der Waals surface area contributed by atoms with Crippen molar-refractivity contribution in [3.05, 3.63) is 24.0 Å². The molecule has 94 valence electrons. The molecule has 1 atom stereocenters. The van der Waals surface area contributed by atoms with Gasteiger partial charge in [-0.1, -0.05) is 19.3 Å². The highest BCUT2D eigenvalue weighted by Crippen LogP contribution is 2.28. The van der Waals surface area contributed by atoms with E-state index in [0.717, 1.165) is 17.7 Å². The van der Waals surface area contributed by atoms with Gasteiger partial charge in [0.25, 0.3) is 0 Å². The lowest BCUT2D eigenvalue weighted by atomic mass is 9.82. The molecule has 0 bridgehead atoms. The van der Waals surface area contributed by atoms with Crippen LogP contribution in [0.3, 0.4) is 0 Å². The topological polar surface area (TPSA) is 77.0 Å². The van der Waals surface area contributed by atoms with Crippen molar-refractivity contribution in [1.82, 2.24) is 10.4 Å². The number of rotatable bonds is 4. The Kier molecular flexibility index (Phi) is 4.34. The summed E-state index contributed by atoms with van der Waals surface area (Å²) in [5, 5.41) is 0. The molecule has 1 aromatic heterocycles. The van der Waals surface area contributed by atoms with Crippen LogP contribution in [-0.2, 0) is 6.42 Å². The first kappa shape index (κ1) is 12.3. The van der Waals surface area contributed by atoms with E-state index >= 15 is 0 Å². The molecule has 0 saturated heterocycles. The summed E-state index contributed by atoms with van der Waals surface area (Å²) < 4.78 is 0. The fraction of sp³-hybridized carbons (Fsp3) is 0.615. The lowest BCUT2D eigenvalue weighted by Gasteiger charge is -2.30. The number of hydrogen-bond donors (Lipinski definition) is 3. The second-order valence-corrected chi connectivity index (χ2v) is 4.95. The van der Waals surface area contributed by atoms with Gasteiger partial charge in [0.1, 0.15) is 0 Å². The van der Waals surface area contributed by atoms with Crippen molar-refractivity contribution in [3.8, 4) is 0 Å². The molecule has 17 heavy (non-hydrogen) atoms. The standard InChI is InChI=1S/C13H22N4/c14-12-6-7-16-9-11(12)8-13(17-15)10-4-2-1-3-5-10/h6-7,9-10,13,17H,1-5,8,15H2,(H2,14,16). The lowest BCUT2D eigenvalue weighted by molar-refractivity contribution is 0.269. The Morgan fingerprint density at radius 2 is 2.12 bits per heavy atom. The molecule has 1 heterocycles. The van der Waals surface area contributed by atoms with Crippen LogP contribution in [0, 0.1) is 5.92 Å². The minimum atomic E-state index is 0.321. The predicted molar refractivity (Wildman–Crippen MR) is 70.0 cm³/mol. The van der Waals surface area contributed by atoms with Crippen molar-refractivity contribution < 1.29 is 0 Å². The quantitative estimate of drug-likeness (QED) is 0.546. The highest BCUT2D eigenvalue weighted by Gasteiger charge is 2.23. The van der Waals surface area contributed by atoms with Crippen LogP contribution in [0.1, 0.15) is 37.7 Å². The van der Waals surface area contributed by atoms with E-state index in [-0.39, 0.29) is 0 Å². The largest absolute Gasteiger partial charge is 0.398 e. The molecule has 0 radical (unpaired) electrons. The molecule has 5 N–H and O–H groups in total. The van der Waals surface area contributed by atoms with Gasteiger partial charge in [-0.25, -0.2) is 0 Å². The van der Waals surface area contributed by atoms with E-state index in [4.69, 9.17) is 11.6 Å². The Bertz CT molecular complexity index is 347. The van der Waals surface area contributed by atoms with Crippen molar-refractivity contribution >= 4 is 5.69 Å². The zero-order valence-electron chi connectivity index (χ0n) is 10.2. The molecule has 0 aromatic carbocycles. The number of hydrazine groups is 1. The Labute approximate surface area is 103 Å². The number of nitrogen functional groups attached to an aromatic ring is 1. The molecule has 1 unspecified atom stereocenters. The van der Waals surface area contributed by atoms with Gasteiger partial charge in [0.2, 0.25) is 0 Å². The van der Waals surface area contributed by atoms with Gasteiger partial charge in [0, 0.05) is 24.1 Å². The summed E-state index contributed by atoms with van der Waals surface area (Å²) in [6, 6.07) is 2.17. The molecule has 4 heteroatoms. The van der Waals surface area contributed by atoms with Crippen molar-refractivity contribution in [3.63, 3.8) is 0 Å². The summed E-state index contributed by atoms with van der Waals surface area (Å²) in [5.41, 5.74) is 10.8. The monoisotopic (exact) mass is 234 g/mol. The summed E-state index contributed by atoms with van der Waals surface area (Å²) in [6.07, 6.45) is 11.0. The van der Waals surface area contributed by atoms with E-state index in [9.17, 15) is 0 Å². The lowest BCUT2D eigenvalue weighted by Crippen LogP contribution is -2.43. The number of nitrogens with one attached hydrogen (secondary N) is 1. The third-order valence-corrected chi connectivity index (χ3v) is 3.81. The van der Waals surface area contributed by atoms with Crippen LogP contribution in [0.2, 0.25) is 0 Å². The number of nitrogens with zero attached hydrogens (tertiary/aromatic N) is 1. The zero-order chi connectivity index (χ0) is 12.1. The van der Waals surface area contributed by atoms with Crippen molar-refractivity contribution in [2.45, 2.75) is 44.6 Å². The number of anilines is 1. The van der Waals surface area contributed by atoms with Crippen molar-refractivity contribution in [2.24, 2.45) is 11.8 Å². The van der Waals surface area contributed by atoms with E-state index in [1.807, 2.05) is 12.3 Å². The minimum Gasteiger partial charge on any atom is -0.398 e. The average Bonchev–Trinajstić information content (AvgIpc) is 2.39. The number of pyridine rings is 1. The van der Waals surface area contributed by atoms with Crippen LogP contribution in [0.15, 0.2) is 18.5 Å². The SMILES string of the molecule is NNC(Cc1cnccc1N)C1CCCCC1. The number of nitrogens with two attached hydrogens (primary N) is 2. The van der Waals surface area contributed by atoms with E-state index in [1.54, 1.807) is 6.20 Å². The second kappa shape index (κ2) is 5.98. The average molecular weight is 234 g/mol. The van der Waals surface area contributed by atoms with Gasteiger partial charge >= 0.3 is 0 Å². The summed E-state index contributed by atoms with van der Waals surface area (Å²) in [6.45, 7) is 0. The van der Waals surface area contributed by atoms with Gasteiger partial charge in [0.05, 0.1) is 0 Å². The maximum atomic E-state index is 5.94. The number of aromatic nitrogens is 1. The van der Waals surface area contributed by atoms with Crippen LogP contribution in [0.4, 0.5) is 5.69 Å². The summed E-state index contributed by atoms with van der Waals surface area (Å²) in [5.74, 6) is 6.36. The fourth-order valence-corrected chi connectivity index (χ4v) is 2.74. The smallest absolute Gasteiger partial charge is 0.0378 e. The third kappa shape index (κ3) is 3.17. The molecule has 1 aliphatic carbocycles. The van der Waals surface area contributed by atoms with Gasteiger partial charge in [-0.2, -0.15) is 0 Å². The Balaban J connectivity index is 2.01. The molecule has 1 aliphatic rings. The fourth-order valence-electron chi connectivity index (χ4n) is 2.74. The van der Waals surface area contributed by atoms with Gasteiger partial charge in [-0.05, 0) is 36.8 Å². The molecule has 1 fully saturated rings. The Morgan fingerprint density at radius 3 is 2.76 bits per heavy atom. The molecule has 0 spiro atoms. The van der Waals surface area contributed by atoms with Gasteiger partial charge in [0.15, 0.2) is 0 Å². The van der Waals surface area contributed by atoms with Gasteiger partial charge < -0.3 is 5.73 Å². The van der Waals surface area contributed by atoms with Crippen LogP contribution in [-0.4, -0.2) is 11.0 Å². The molecule has 0 aliphatic heterocycles. The molecule has 1 saturated carbocycles. The molecular formula is C13H22N4. The minimum absolute atomic E-state index is 0.321. The van der Waals surface area contributed by atoms with Crippen LogP contribution in [0.25, 0.3) is 0 Å². The van der Waals surface area contributed by atoms with Crippen molar-refractivity contribution in [2.75, 3.05) is 5.73 Å². The Morgan fingerprint density at radius 1 is 1.35 bits per heavy atom. The first-order valence-electron chi connectivity index (χ1n) is 6.45. The molecule has 2 rings (SSSR count). The highest BCUT2D eigenvalue weighted by atomic mass is 15.2. The number of hydrogen-bond acceptors (Lipinski definition) is 4. The second-order valence-electron chi connectivity index (χ2n) is 4.95. The van der Waals surface area contributed by atoms with E-state index in [1.165, 1.54) is 32.1 Å². The molecule has 0 amide bonds. The van der Waals surface area contributed by atoms with Crippen LogP contribution >= 0.6 is 0 Å². The Hall–Kier alpha value is -1.13. The molecule has 4 nitrogen and oxygen atoms in total. The summed E-state index contributed by atoms with van der Waals surface area (Å²) in [7, 11) is 0. The zero-order valence-corrected chi connectivity index (χ0v) is 10.2. The first-order valence-corrected chi connectivity index (χ1v) is 6.45. The van der Waals surface area contributed by atoms with Crippen LogP contribution < -0.4 is 17.0 Å². The normalized spacial score (nSPS) is 19.1. The maximum absolute atomic E-state index is 5.94.